The van der Waals surface area contributed by atoms with Crippen molar-refractivity contribution in [1.29, 1.82) is 0 Å². The normalized spacial score (nSPS) is 12.4. The van der Waals surface area contributed by atoms with E-state index in [0.717, 1.165) is 96.3 Å². The van der Waals surface area contributed by atoms with Crippen LogP contribution in [0.5, 0.6) is 0 Å². The van der Waals surface area contributed by atoms with Gasteiger partial charge in [-0.15, -0.1) is 0 Å². The van der Waals surface area contributed by atoms with Crippen LogP contribution in [0.4, 0.5) is 0 Å². The zero-order valence-electron chi connectivity index (χ0n) is 36.9. The van der Waals surface area contributed by atoms with Crippen LogP contribution in [-0.2, 0) is 28.6 Å². The molecule has 0 aliphatic carbocycles. The van der Waals surface area contributed by atoms with Crippen LogP contribution < -0.4 is 0 Å². The minimum atomic E-state index is -0.776. The van der Waals surface area contributed by atoms with Crippen LogP contribution in [0, 0.1) is 0 Å². The molecule has 0 bridgehead atoms. The van der Waals surface area contributed by atoms with E-state index in [1.54, 1.807) is 0 Å². The molecule has 0 fully saturated rings. The van der Waals surface area contributed by atoms with Crippen molar-refractivity contribution in [3.63, 3.8) is 0 Å². The van der Waals surface area contributed by atoms with Gasteiger partial charge < -0.3 is 14.2 Å². The van der Waals surface area contributed by atoms with E-state index < -0.39 is 6.10 Å². The Morgan fingerprint density at radius 1 is 0.375 bits per heavy atom. The minimum Gasteiger partial charge on any atom is -0.462 e. The van der Waals surface area contributed by atoms with Gasteiger partial charge in [-0.3, -0.25) is 14.4 Å². The highest BCUT2D eigenvalue weighted by Gasteiger charge is 2.19. The van der Waals surface area contributed by atoms with Crippen molar-refractivity contribution < 1.29 is 28.6 Å². The van der Waals surface area contributed by atoms with Crippen LogP contribution in [0.15, 0.2) is 48.6 Å². The maximum absolute atomic E-state index is 12.7. The Balaban J connectivity index is 4.30. The lowest BCUT2D eigenvalue weighted by atomic mass is 10.1. The lowest BCUT2D eigenvalue weighted by Crippen LogP contribution is -2.30. The quantitative estimate of drug-likeness (QED) is 0.0265. The fourth-order valence-corrected chi connectivity index (χ4v) is 6.51. The molecule has 1 unspecified atom stereocenters. The number of hydrogen-bond donors (Lipinski definition) is 0. The third-order valence-electron chi connectivity index (χ3n) is 10.1. The molecule has 1 atom stereocenters. The monoisotopic (exact) mass is 785 g/mol. The predicted octanol–water partition coefficient (Wildman–Crippen LogP) is 15.1. The molecule has 0 aliphatic heterocycles. The molecule has 0 heterocycles. The number of carbonyl (C=O) groups excluding carboxylic acids is 3. The van der Waals surface area contributed by atoms with E-state index in [4.69, 9.17) is 14.2 Å². The van der Waals surface area contributed by atoms with E-state index in [-0.39, 0.29) is 31.1 Å². The van der Waals surface area contributed by atoms with Crippen molar-refractivity contribution in [2.45, 2.75) is 239 Å². The molecule has 0 aromatic heterocycles. The van der Waals surface area contributed by atoms with Crippen molar-refractivity contribution in [2.75, 3.05) is 13.2 Å². The fraction of sp³-hybridized carbons (Fsp3) is 0.780. The summed E-state index contributed by atoms with van der Waals surface area (Å²) in [6.45, 7) is 6.46. The Labute approximate surface area is 346 Å². The summed E-state index contributed by atoms with van der Waals surface area (Å²) in [6.07, 6.45) is 52.4. The number of rotatable bonds is 42. The highest BCUT2D eigenvalue weighted by atomic mass is 16.6. The lowest BCUT2D eigenvalue weighted by Gasteiger charge is -2.18. The number of unbranched alkanes of at least 4 members (excludes halogenated alkanes) is 23. The highest BCUT2D eigenvalue weighted by Crippen LogP contribution is 2.14. The molecule has 0 saturated carbocycles. The van der Waals surface area contributed by atoms with E-state index in [0.29, 0.717) is 19.3 Å². The first-order chi connectivity index (χ1) is 27.5. The summed E-state index contributed by atoms with van der Waals surface area (Å²) >= 11 is 0. The Kier molecular flexibility index (Phi) is 43.0. The van der Waals surface area contributed by atoms with Crippen molar-refractivity contribution in [2.24, 2.45) is 0 Å². The summed E-state index contributed by atoms with van der Waals surface area (Å²) < 4.78 is 16.7. The standard InChI is InChI=1S/C50H88O6/c1-4-7-10-13-16-18-20-22-24-25-26-28-29-31-34-37-40-43-49(52)55-46-47(45-54-48(51)42-39-36-33-15-12-9-6-3)56-50(53)44-41-38-35-32-30-27-23-21-19-17-14-11-8-5-2/h7,10,16,18,21-24,47H,4-6,8-9,11-15,17,19-20,25-46H2,1-3H3/b10-7-,18-16-,23-21-,24-22-. The predicted molar refractivity (Wildman–Crippen MR) is 238 cm³/mol. The van der Waals surface area contributed by atoms with Gasteiger partial charge in [0.25, 0.3) is 0 Å². The molecule has 0 aromatic rings. The summed E-state index contributed by atoms with van der Waals surface area (Å²) in [5, 5.41) is 0. The van der Waals surface area contributed by atoms with Gasteiger partial charge in [-0.25, -0.2) is 0 Å². The Morgan fingerprint density at radius 2 is 0.696 bits per heavy atom. The van der Waals surface area contributed by atoms with E-state index in [1.165, 1.54) is 96.3 Å². The molecule has 324 valence electrons. The highest BCUT2D eigenvalue weighted by molar-refractivity contribution is 5.71. The molecule has 0 aromatic carbocycles. The Bertz CT molecular complexity index is 996. The van der Waals surface area contributed by atoms with Crippen LogP contribution in [0.25, 0.3) is 0 Å². The van der Waals surface area contributed by atoms with Gasteiger partial charge in [0.2, 0.25) is 0 Å². The SMILES string of the molecule is CC/C=C\C/C=C\C/C=C\CCCCCCCCCC(=O)OCC(COC(=O)CCCCCCCCC)OC(=O)CCCCCCC/C=C\CCCCCCC. The van der Waals surface area contributed by atoms with Gasteiger partial charge in [0.05, 0.1) is 0 Å². The van der Waals surface area contributed by atoms with Crippen LogP contribution in [0.3, 0.4) is 0 Å². The number of ether oxygens (including phenoxy) is 3. The lowest BCUT2D eigenvalue weighted by molar-refractivity contribution is -0.167. The van der Waals surface area contributed by atoms with Gasteiger partial charge >= 0.3 is 17.9 Å². The van der Waals surface area contributed by atoms with Crippen LogP contribution >= 0.6 is 0 Å². The topological polar surface area (TPSA) is 78.9 Å². The third-order valence-corrected chi connectivity index (χ3v) is 10.1. The smallest absolute Gasteiger partial charge is 0.306 e. The van der Waals surface area contributed by atoms with E-state index in [2.05, 4.69) is 69.4 Å². The van der Waals surface area contributed by atoms with Gasteiger partial charge in [-0.2, -0.15) is 0 Å². The van der Waals surface area contributed by atoms with Crippen molar-refractivity contribution in [1.82, 2.24) is 0 Å². The second kappa shape index (κ2) is 45.1. The maximum atomic E-state index is 12.7. The average molecular weight is 785 g/mol. The molecule has 6 heteroatoms. The summed E-state index contributed by atoms with van der Waals surface area (Å²) in [4.78, 5) is 37.7. The molecular formula is C50H88O6. The Morgan fingerprint density at radius 3 is 1.11 bits per heavy atom. The molecule has 0 radical (unpaired) electrons. The second-order valence-electron chi connectivity index (χ2n) is 15.6. The maximum Gasteiger partial charge on any atom is 0.306 e. The fourth-order valence-electron chi connectivity index (χ4n) is 6.51. The minimum absolute atomic E-state index is 0.0790. The van der Waals surface area contributed by atoms with E-state index in [9.17, 15) is 14.4 Å². The molecule has 56 heavy (non-hydrogen) atoms. The van der Waals surface area contributed by atoms with Gasteiger partial charge in [0.15, 0.2) is 6.10 Å². The van der Waals surface area contributed by atoms with Gasteiger partial charge in [0, 0.05) is 19.3 Å². The molecule has 0 spiro atoms. The van der Waals surface area contributed by atoms with Crippen LogP contribution in [-0.4, -0.2) is 37.2 Å². The molecular weight excluding hydrogens is 697 g/mol. The number of carbonyl (C=O) groups is 3. The second-order valence-corrected chi connectivity index (χ2v) is 15.6. The van der Waals surface area contributed by atoms with Gasteiger partial charge in [0.1, 0.15) is 13.2 Å². The zero-order chi connectivity index (χ0) is 40.8. The van der Waals surface area contributed by atoms with Crippen molar-refractivity contribution >= 4 is 17.9 Å². The average Bonchev–Trinajstić information content (AvgIpc) is 3.19. The summed E-state index contributed by atoms with van der Waals surface area (Å²) in [6, 6.07) is 0. The molecule has 0 rings (SSSR count). The van der Waals surface area contributed by atoms with Crippen LogP contribution in [0.2, 0.25) is 0 Å². The summed E-state index contributed by atoms with van der Waals surface area (Å²) in [5.74, 6) is -0.903. The van der Waals surface area contributed by atoms with E-state index in [1.807, 2.05) is 0 Å². The first-order valence-corrected chi connectivity index (χ1v) is 23.6. The first kappa shape index (κ1) is 53.4. The summed E-state index contributed by atoms with van der Waals surface area (Å²) in [7, 11) is 0. The molecule has 0 saturated heterocycles. The molecule has 0 N–H and O–H groups in total. The number of esters is 3. The van der Waals surface area contributed by atoms with Crippen molar-refractivity contribution in [3.05, 3.63) is 48.6 Å². The molecule has 6 nitrogen and oxygen atoms in total. The van der Waals surface area contributed by atoms with Crippen molar-refractivity contribution in [3.8, 4) is 0 Å². The third kappa shape index (κ3) is 42.5. The number of allylic oxidation sites excluding steroid dienone is 8. The Hall–Kier alpha value is -2.63. The van der Waals surface area contributed by atoms with Gasteiger partial charge in [-0.1, -0.05) is 185 Å². The number of hydrogen-bond acceptors (Lipinski definition) is 6. The van der Waals surface area contributed by atoms with Gasteiger partial charge in [-0.05, 0) is 77.0 Å². The largest absolute Gasteiger partial charge is 0.462 e. The van der Waals surface area contributed by atoms with E-state index >= 15 is 0 Å². The summed E-state index contributed by atoms with van der Waals surface area (Å²) in [5.41, 5.74) is 0. The van der Waals surface area contributed by atoms with Crippen LogP contribution in [0.1, 0.15) is 233 Å². The molecule has 0 aliphatic rings. The first-order valence-electron chi connectivity index (χ1n) is 23.6. The molecule has 0 amide bonds. The zero-order valence-corrected chi connectivity index (χ0v) is 36.9.